The highest BCUT2D eigenvalue weighted by Crippen LogP contribution is 2.28. The Balaban J connectivity index is 2.09. The molecule has 0 saturated heterocycles. The number of carbonyl (C=O) groups excluding carboxylic acids is 1. The number of para-hydroxylation sites is 1. The number of ether oxygens (including phenoxy) is 1. The van der Waals surface area contributed by atoms with Crippen molar-refractivity contribution in [3.8, 4) is 11.5 Å². The number of hydrogen-bond acceptors (Lipinski definition) is 3. The number of amides is 2. The summed E-state index contributed by atoms with van der Waals surface area (Å²) >= 11 is 0. The van der Waals surface area contributed by atoms with Crippen molar-refractivity contribution in [3.63, 3.8) is 0 Å². The van der Waals surface area contributed by atoms with Crippen molar-refractivity contribution in [2.75, 3.05) is 0 Å². The molecule has 0 aliphatic rings. The van der Waals surface area contributed by atoms with Crippen molar-refractivity contribution < 1.29 is 9.53 Å². The zero-order chi connectivity index (χ0) is 15.2. The maximum Gasteiger partial charge on any atom is 0.332 e. The van der Waals surface area contributed by atoms with Crippen LogP contribution in [0.3, 0.4) is 0 Å². The number of carbonyl (C=O) groups is 1. The summed E-state index contributed by atoms with van der Waals surface area (Å²) in [6.45, 7) is 4.03. The summed E-state index contributed by atoms with van der Waals surface area (Å²) < 4.78 is 5.90. The molecular formula is C16H17N3O2. The third-order valence-electron chi connectivity index (χ3n) is 2.90. The molecule has 5 nitrogen and oxygen atoms in total. The molecule has 21 heavy (non-hydrogen) atoms. The Kier molecular flexibility index (Phi) is 4.56. The van der Waals surface area contributed by atoms with Crippen molar-refractivity contribution in [2.45, 2.75) is 13.8 Å². The summed E-state index contributed by atoms with van der Waals surface area (Å²) in [6.07, 6.45) is 1.51. The van der Waals surface area contributed by atoms with E-state index < -0.39 is 6.03 Å². The fourth-order valence-electron chi connectivity index (χ4n) is 1.87. The molecule has 0 heterocycles. The van der Waals surface area contributed by atoms with E-state index in [1.807, 2.05) is 56.3 Å². The van der Waals surface area contributed by atoms with Gasteiger partial charge in [-0.3, -0.25) is 0 Å². The van der Waals surface area contributed by atoms with Crippen molar-refractivity contribution in [3.05, 3.63) is 59.2 Å². The summed E-state index contributed by atoms with van der Waals surface area (Å²) in [6, 6.07) is 12.7. The molecule has 3 N–H and O–H groups in total. The monoisotopic (exact) mass is 283 g/mol. The van der Waals surface area contributed by atoms with E-state index in [4.69, 9.17) is 10.5 Å². The van der Waals surface area contributed by atoms with Crippen LogP contribution in [-0.4, -0.2) is 12.2 Å². The standard InChI is InChI=1S/C16H17N3O2/c1-11-4-3-5-12(2)15(11)21-14-8-6-13(7-9-14)10-18-19-16(17)20/h3-10H,1-2H3,(H3,17,19,20)/b18-10+. The van der Waals surface area contributed by atoms with Crippen molar-refractivity contribution >= 4 is 12.2 Å². The molecule has 5 heteroatoms. The summed E-state index contributed by atoms with van der Waals surface area (Å²) in [5, 5.41) is 3.69. The van der Waals surface area contributed by atoms with E-state index in [1.54, 1.807) is 0 Å². The normalized spacial score (nSPS) is 10.6. The Hall–Kier alpha value is -2.82. The van der Waals surface area contributed by atoms with Crippen LogP contribution in [0.2, 0.25) is 0 Å². The molecule has 0 aliphatic heterocycles. The minimum absolute atomic E-state index is 0.693. The van der Waals surface area contributed by atoms with Crippen LogP contribution >= 0.6 is 0 Å². The number of urea groups is 1. The highest BCUT2D eigenvalue weighted by atomic mass is 16.5. The second-order valence-corrected chi connectivity index (χ2v) is 4.63. The number of nitrogens with zero attached hydrogens (tertiary/aromatic N) is 1. The van der Waals surface area contributed by atoms with Crippen LogP contribution in [0.25, 0.3) is 0 Å². The molecule has 0 atom stereocenters. The zero-order valence-electron chi connectivity index (χ0n) is 12.0. The maximum absolute atomic E-state index is 10.5. The van der Waals surface area contributed by atoms with Gasteiger partial charge in [-0.05, 0) is 54.8 Å². The summed E-state index contributed by atoms with van der Waals surface area (Å²) in [5.74, 6) is 1.61. The van der Waals surface area contributed by atoms with Crippen LogP contribution < -0.4 is 15.9 Å². The lowest BCUT2D eigenvalue weighted by Crippen LogP contribution is -2.24. The van der Waals surface area contributed by atoms with Gasteiger partial charge in [0.15, 0.2) is 0 Å². The summed E-state index contributed by atoms with van der Waals surface area (Å²) in [5.41, 5.74) is 10.1. The summed E-state index contributed by atoms with van der Waals surface area (Å²) in [4.78, 5) is 10.5. The summed E-state index contributed by atoms with van der Waals surface area (Å²) in [7, 11) is 0. The van der Waals surface area contributed by atoms with Crippen molar-refractivity contribution in [2.24, 2.45) is 10.8 Å². The lowest BCUT2D eigenvalue weighted by Gasteiger charge is -2.11. The molecule has 2 amide bonds. The Labute approximate surface area is 123 Å². The van der Waals surface area contributed by atoms with Gasteiger partial charge in [0.25, 0.3) is 0 Å². The predicted octanol–water partition coefficient (Wildman–Crippen LogP) is 3.10. The molecule has 0 fully saturated rings. The van der Waals surface area contributed by atoms with E-state index in [-0.39, 0.29) is 0 Å². The molecule has 0 spiro atoms. The first-order valence-electron chi connectivity index (χ1n) is 6.49. The maximum atomic E-state index is 10.5. The second-order valence-electron chi connectivity index (χ2n) is 4.63. The van der Waals surface area contributed by atoms with E-state index in [0.717, 1.165) is 28.2 Å². The van der Waals surface area contributed by atoms with E-state index >= 15 is 0 Å². The van der Waals surface area contributed by atoms with Gasteiger partial charge in [0, 0.05) is 0 Å². The molecule has 0 aromatic heterocycles. The first-order chi connectivity index (χ1) is 10.1. The van der Waals surface area contributed by atoms with E-state index in [9.17, 15) is 4.79 Å². The minimum Gasteiger partial charge on any atom is -0.457 e. The van der Waals surface area contributed by atoms with Crippen LogP contribution in [0.15, 0.2) is 47.6 Å². The first kappa shape index (κ1) is 14.6. The van der Waals surface area contributed by atoms with Gasteiger partial charge in [-0.25, -0.2) is 10.2 Å². The Morgan fingerprint density at radius 2 is 1.76 bits per heavy atom. The molecule has 108 valence electrons. The number of aryl methyl sites for hydroxylation is 2. The highest BCUT2D eigenvalue weighted by molar-refractivity contribution is 5.81. The van der Waals surface area contributed by atoms with Crippen molar-refractivity contribution in [1.82, 2.24) is 5.43 Å². The average molecular weight is 283 g/mol. The zero-order valence-corrected chi connectivity index (χ0v) is 12.0. The van der Waals surface area contributed by atoms with Gasteiger partial charge in [0.1, 0.15) is 11.5 Å². The molecule has 2 aromatic rings. The fourth-order valence-corrected chi connectivity index (χ4v) is 1.87. The second kappa shape index (κ2) is 6.56. The van der Waals surface area contributed by atoms with E-state index in [0.29, 0.717) is 0 Å². The SMILES string of the molecule is Cc1cccc(C)c1Oc1ccc(/C=N/NC(N)=O)cc1. The smallest absolute Gasteiger partial charge is 0.332 e. The first-order valence-corrected chi connectivity index (χ1v) is 6.49. The topological polar surface area (TPSA) is 76.7 Å². The van der Waals surface area contributed by atoms with E-state index in [1.165, 1.54) is 6.21 Å². The van der Waals surface area contributed by atoms with Gasteiger partial charge in [-0.1, -0.05) is 18.2 Å². The number of hydrazone groups is 1. The van der Waals surface area contributed by atoms with Gasteiger partial charge < -0.3 is 10.5 Å². The van der Waals surface area contributed by atoms with Gasteiger partial charge in [-0.2, -0.15) is 5.10 Å². The third kappa shape index (κ3) is 4.07. The number of nitrogens with one attached hydrogen (secondary N) is 1. The number of rotatable bonds is 4. The van der Waals surface area contributed by atoms with Gasteiger partial charge >= 0.3 is 6.03 Å². The van der Waals surface area contributed by atoms with Crippen molar-refractivity contribution in [1.29, 1.82) is 0 Å². The van der Waals surface area contributed by atoms with Gasteiger partial charge in [0.2, 0.25) is 0 Å². The number of hydrogen-bond donors (Lipinski definition) is 2. The Bertz CT molecular complexity index is 643. The van der Waals surface area contributed by atoms with E-state index in [2.05, 4.69) is 10.5 Å². The van der Waals surface area contributed by atoms with Gasteiger partial charge in [-0.15, -0.1) is 0 Å². The molecule has 0 saturated carbocycles. The number of benzene rings is 2. The van der Waals surface area contributed by atoms with Crippen LogP contribution in [0, 0.1) is 13.8 Å². The Morgan fingerprint density at radius 1 is 1.14 bits per heavy atom. The molecule has 2 aromatic carbocycles. The molecule has 0 bridgehead atoms. The minimum atomic E-state index is -0.693. The van der Waals surface area contributed by atoms with Crippen LogP contribution in [0.5, 0.6) is 11.5 Å². The van der Waals surface area contributed by atoms with Crippen LogP contribution in [0.1, 0.15) is 16.7 Å². The fraction of sp³-hybridized carbons (Fsp3) is 0.125. The Morgan fingerprint density at radius 3 is 2.33 bits per heavy atom. The molecule has 2 rings (SSSR count). The lowest BCUT2D eigenvalue weighted by molar-refractivity contribution is 0.249. The largest absolute Gasteiger partial charge is 0.457 e. The molecular weight excluding hydrogens is 266 g/mol. The predicted molar refractivity (Wildman–Crippen MR) is 82.7 cm³/mol. The average Bonchev–Trinajstić information content (AvgIpc) is 2.44. The lowest BCUT2D eigenvalue weighted by atomic mass is 10.1. The number of nitrogens with two attached hydrogens (primary N) is 1. The molecule has 0 unspecified atom stereocenters. The van der Waals surface area contributed by atoms with Crippen LogP contribution in [0.4, 0.5) is 4.79 Å². The highest BCUT2D eigenvalue weighted by Gasteiger charge is 2.04. The number of primary amides is 1. The van der Waals surface area contributed by atoms with Crippen LogP contribution in [-0.2, 0) is 0 Å². The molecule has 0 aliphatic carbocycles. The quantitative estimate of drug-likeness (QED) is 0.668. The molecule has 0 radical (unpaired) electrons. The van der Waals surface area contributed by atoms with Gasteiger partial charge in [0.05, 0.1) is 6.21 Å². The third-order valence-corrected chi connectivity index (χ3v) is 2.90.